The summed E-state index contributed by atoms with van der Waals surface area (Å²) in [6.07, 6.45) is 4.04. The minimum Gasteiger partial charge on any atom is -0.493 e. The molecule has 2 aromatic carbocycles. The normalized spacial score (nSPS) is 10.8. The topological polar surface area (TPSA) is 29.5 Å². The fourth-order valence-electron chi connectivity index (χ4n) is 2.11. The number of fused-ring (bicyclic) bond motifs is 1. The minimum atomic E-state index is 0.280. The van der Waals surface area contributed by atoms with Gasteiger partial charge in [-0.15, -0.1) is 0 Å². The number of rotatable bonds is 7. The molecule has 0 atom stereocenters. The number of ether oxygens (including phenoxy) is 1. The average molecular weight is 279 g/mol. The summed E-state index contributed by atoms with van der Waals surface area (Å²) in [6.45, 7) is 0.986. The summed E-state index contributed by atoms with van der Waals surface area (Å²) >= 11 is 6.17. The maximum Gasteiger partial charge on any atom is 0.127 e. The summed E-state index contributed by atoms with van der Waals surface area (Å²) in [5.41, 5.74) is 0. The van der Waals surface area contributed by atoms with Gasteiger partial charge in [0.05, 0.1) is 6.61 Å². The lowest BCUT2D eigenvalue weighted by Gasteiger charge is -2.10. The van der Waals surface area contributed by atoms with Gasteiger partial charge in [0.15, 0.2) is 0 Å². The van der Waals surface area contributed by atoms with Crippen molar-refractivity contribution in [3.8, 4) is 5.75 Å². The van der Waals surface area contributed by atoms with E-state index in [-0.39, 0.29) is 6.61 Å². The predicted octanol–water partition coefficient (Wildman–Crippen LogP) is 4.42. The number of aliphatic hydroxyl groups excluding tert-OH is 1. The van der Waals surface area contributed by atoms with Crippen molar-refractivity contribution in [1.29, 1.82) is 0 Å². The van der Waals surface area contributed by atoms with Gasteiger partial charge in [-0.2, -0.15) is 0 Å². The van der Waals surface area contributed by atoms with Crippen molar-refractivity contribution in [2.75, 3.05) is 13.2 Å². The highest BCUT2D eigenvalue weighted by Gasteiger charge is 2.04. The van der Waals surface area contributed by atoms with E-state index in [1.807, 2.05) is 36.4 Å². The Morgan fingerprint density at radius 2 is 1.63 bits per heavy atom. The van der Waals surface area contributed by atoms with Crippen LogP contribution in [0.15, 0.2) is 36.4 Å². The van der Waals surface area contributed by atoms with E-state index in [9.17, 15) is 0 Å². The lowest BCUT2D eigenvalue weighted by atomic mass is 10.1. The number of hydrogen-bond acceptors (Lipinski definition) is 2. The van der Waals surface area contributed by atoms with E-state index in [0.29, 0.717) is 6.61 Å². The van der Waals surface area contributed by atoms with Gasteiger partial charge in [-0.25, -0.2) is 0 Å². The summed E-state index contributed by atoms with van der Waals surface area (Å²) in [5.74, 6) is 0.891. The largest absolute Gasteiger partial charge is 0.493 e. The maximum atomic E-state index is 8.70. The first kappa shape index (κ1) is 14.2. The Hall–Kier alpha value is -1.25. The Balaban J connectivity index is 1.96. The molecule has 0 aliphatic heterocycles. The molecule has 0 saturated heterocycles. The molecule has 2 nitrogen and oxygen atoms in total. The van der Waals surface area contributed by atoms with Gasteiger partial charge in [-0.1, -0.05) is 42.3 Å². The molecule has 0 aromatic heterocycles. The zero-order valence-corrected chi connectivity index (χ0v) is 11.7. The zero-order valence-electron chi connectivity index (χ0n) is 10.9. The first-order chi connectivity index (χ1) is 9.33. The van der Waals surface area contributed by atoms with E-state index in [1.165, 1.54) is 0 Å². The molecule has 0 radical (unpaired) electrons. The molecule has 0 aliphatic carbocycles. The Morgan fingerprint density at radius 1 is 0.895 bits per heavy atom. The van der Waals surface area contributed by atoms with Gasteiger partial charge in [0, 0.05) is 22.4 Å². The molecular weight excluding hydrogens is 260 g/mol. The summed E-state index contributed by atoms with van der Waals surface area (Å²) in [5, 5.41) is 11.5. The van der Waals surface area contributed by atoms with Crippen molar-refractivity contribution in [2.45, 2.75) is 25.7 Å². The zero-order chi connectivity index (χ0) is 13.5. The van der Waals surface area contributed by atoms with Crippen LogP contribution in [0.5, 0.6) is 5.75 Å². The number of unbranched alkanes of at least 4 members (excludes halogenated alkanes) is 3. The van der Waals surface area contributed by atoms with E-state index < -0.39 is 0 Å². The third-order valence-corrected chi connectivity index (χ3v) is 3.47. The molecule has 3 heteroatoms. The van der Waals surface area contributed by atoms with Crippen molar-refractivity contribution < 1.29 is 9.84 Å². The predicted molar refractivity (Wildman–Crippen MR) is 80.0 cm³/mol. The average Bonchev–Trinajstić information content (AvgIpc) is 2.45. The molecule has 0 heterocycles. The lowest BCUT2D eigenvalue weighted by Crippen LogP contribution is -1.98. The molecule has 0 spiro atoms. The number of hydrogen-bond donors (Lipinski definition) is 1. The van der Waals surface area contributed by atoms with Crippen molar-refractivity contribution in [3.63, 3.8) is 0 Å². The van der Waals surface area contributed by atoms with Crippen molar-refractivity contribution in [3.05, 3.63) is 41.4 Å². The first-order valence-corrected chi connectivity index (χ1v) is 7.11. The van der Waals surface area contributed by atoms with Crippen LogP contribution in [0, 0.1) is 0 Å². The van der Waals surface area contributed by atoms with Crippen molar-refractivity contribution in [2.24, 2.45) is 0 Å². The molecule has 102 valence electrons. The Kier molecular flexibility index (Phi) is 5.49. The van der Waals surface area contributed by atoms with Crippen LogP contribution < -0.4 is 4.74 Å². The van der Waals surface area contributed by atoms with E-state index in [0.717, 1.165) is 47.2 Å². The lowest BCUT2D eigenvalue weighted by molar-refractivity contribution is 0.274. The third kappa shape index (κ3) is 3.85. The van der Waals surface area contributed by atoms with Crippen LogP contribution in [-0.4, -0.2) is 18.3 Å². The maximum absolute atomic E-state index is 8.70. The first-order valence-electron chi connectivity index (χ1n) is 6.74. The van der Waals surface area contributed by atoms with Crippen LogP contribution in [0.25, 0.3) is 10.8 Å². The molecular formula is C16H19ClO2. The molecule has 2 rings (SSSR count). The summed E-state index contributed by atoms with van der Waals surface area (Å²) in [6, 6.07) is 11.8. The molecule has 0 fully saturated rings. The Bertz CT molecular complexity index is 525. The molecule has 0 saturated carbocycles. The van der Waals surface area contributed by atoms with E-state index >= 15 is 0 Å². The van der Waals surface area contributed by atoms with Gasteiger partial charge in [0.1, 0.15) is 5.75 Å². The molecule has 1 N–H and O–H groups in total. The van der Waals surface area contributed by atoms with E-state index in [2.05, 4.69) is 0 Å². The fraction of sp³-hybridized carbons (Fsp3) is 0.375. The molecule has 0 bridgehead atoms. The second-order valence-corrected chi connectivity index (χ2v) is 4.98. The fourth-order valence-corrected chi connectivity index (χ4v) is 2.34. The number of aliphatic hydroxyl groups is 1. The van der Waals surface area contributed by atoms with Crippen molar-refractivity contribution in [1.82, 2.24) is 0 Å². The van der Waals surface area contributed by atoms with Gasteiger partial charge in [0.2, 0.25) is 0 Å². The van der Waals surface area contributed by atoms with E-state index in [4.69, 9.17) is 21.4 Å². The highest BCUT2D eigenvalue weighted by molar-refractivity contribution is 6.35. The molecule has 19 heavy (non-hydrogen) atoms. The number of halogens is 1. The molecule has 0 aliphatic rings. The van der Waals surface area contributed by atoms with Crippen LogP contribution in [0.1, 0.15) is 25.7 Å². The monoisotopic (exact) mass is 278 g/mol. The van der Waals surface area contributed by atoms with E-state index in [1.54, 1.807) is 0 Å². The smallest absolute Gasteiger partial charge is 0.127 e. The van der Waals surface area contributed by atoms with Crippen LogP contribution in [0.3, 0.4) is 0 Å². The minimum absolute atomic E-state index is 0.280. The quantitative estimate of drug-likeness (QED) is 0.760. The Labute approximate surface area is 119 Å². The summed E-state index contributed by atoms with van der Waals surface area (Å²) in [7, 11) is 0. The van der Waals surface area contributed by atoms with Crippen molar-refractivity contribution >= 4 is 22.4 Å². The van der Waals surface area contributed by atoms with Gasteiger partial charge in [-0.3, -0.25) is 0 Å². The summed E-state index contributed by atoms with van der Waals surface area (Å²) in [4.78, 5) is 0. The van der Waals surface area contributed by atoms with Crippen LogP contribution in [-0.2, 0) is 0 Å². The standard InChI is InChI=1S/C16H19ClO2/c17-15-9-10-16(14-8-4-3-7-13(14)15)19-12-6-2-1-5-11-18/h3-4,7-10,18H,1-2,5-6,11-12H2. The summed E-state index contributed by atoms with van der Waals surface area (Å²) < 4.78 is 5.83. The van der Waals surface area contributed by atoms with Gasteiger partial charge in [-0.05, 0) is 31.4 Å². The van der Waals surface area contributed by atoms with Crippen LogP contribution in [0.4, 0.5) is 0 Å². The van der Waals surface area contributed by atoms with Gasteiger partial charge < -0.3 is 9.84 Å². The Morgan fingerprint density at radius 3 is 2.42 bits per heavy atom. The highest BCUT2D eigenvalue weighted by Crippen LogP contribution is 2.31. The van der Waals surface area contributed by atoms with Crippen LogP contribution in [0.2, 0.25) is 5.02 Å². The SMILES string of the molecule is OCCCCCCOc1ccc(Cl)c2ccccc12. The number of benzene rings is 2. The second-order valence-electron chi connectivity index (χ2n) is 4.58. The third-order valence-electron chi connectivity index (χ3n) is 3.14. The van der Waals surface area contributed by atoms with Gasteiger partial charge >= 0.3 is 0 Å². The highest BCUT2D eigenvalue weighted by atomic mass is 35.5. The molecule has 0 unspecified atom stereocenters. The van der Waals surface area contributed by atoms with Crippen LogP contribution >= 0.6 is 11.6 Å². The second kappa shape index (κ2) is 7.37. The molecule has 0 amide bonds. The van der Waals surface area contributed by atoms with Gasteiger partial charge in [0.25, 0.3) is 0 Å². The molecule has 2 aromatic rings.